The zero-order chi connectivity index (χ0) is 20.3. The molecule has 0 unspecified atom stereocenters. The number of rotatable bonds is 7. The molecule has 13 heteroatoms. The van der Waals surface area contributed by atoms with Crippen molar-refractivity contribution in [1.29, 1.82) is 0 Å². The molecule has 1 atom stereocenters. The van der Waals surface area contributed by atoms with Crippen LogP contribution in [0.15, 0.2) is 6.20 Å². The third-order valence-electron chi connectivity index (χ3n) is 3.33. The molecule has 1 heterocycles. The van der Waals surface area contributed by atoms with Gasteiger partial charge >= 0.3 is 27.5 Å². The van der Waals surface area contributed by atoms with E-state index in [-0.39, 0.29) is 40.3 Å². The molecule has 0 aromatic carbocycles. The highest BCUT2D eigenvalue weighted by molar-refractivity contribution is 7.90. The summed E-state index contributed by atoms with van der Waals surface area (Å²) >= 11 is 0. The second-order valence-electron chi connectivity index (χ2n) is 4.80. The fraction of sp³-hybridized carbons (Fsp3) is 0.538. The van der Waals surface area contributed by atoms with Gasteiger partial charge in [-0.25, -0.2) is 3.97 Å². The maximum atomic E-state index is 12.9. The molecular formula is C13H18ClF3N2O6S. The van der Waals surface area contributed by atoms with E-state index in [9.17, 15) is 31.2 Å². The average molecular weight is 425 g/mol. The number of hydrogen-bond acceptors (Lipinski definition) is 6. The molecule has 0 amide bonds. The van der Waals surface area contributed by atoms with Crippen LogP contribution in [0.25, 0.3) is 0 Å². The lowest BCUT2D eigenvalue weighted by atomic mass is 10.0. The Balaban J connectivity index is 0.00000676. The zero-order valence-electron chi connectivity index (χ0n) is 14.8. The number of carbonyl (C=O) groups excluding carboxylic acids is 2. The van der Waals surface area contributed by atoms with E-state index in [4.69, 9.17) is 1.37 Å². The molecule has 0 spiro atoms. The Bertz CT molecular complexity index is 795. The Morgan fingerprint density at radius 1 is 1.27 bits per heavy atom. The summed E-state index contributed by atoms with van der Waals surface area (Å²) in [4.78, 5) is 22.9. The van der Waals surface area contributed by atoms with Crippen LogP contribution in [0, 0.1) is 0 Å². The Morgan fingerprint density at radius 3 is 2.23 bits per heavy atom. The number of aromatic nitrogens is 1. The van der Waals surface area contributed by atoms with Crippen molar-refractivity contribution in [1.82, 2.24) is 3.97 Å². The molecule has 0 radical (unpaired) electrons. The summed E-state index contributed by atoms with van der Waals surface area (Å²) in [5.41, 5.74) is -3.16. The predicted octanol–water partition coefficient (Wildman–Crippen LogP) is -3.25. The highest BCUT2D eigenvalue weighted by Crippen LogP contribution is 2.30. The fourth-order valence-electron chi connectivity index (χ4n) is 2.08. The van der Waals surface area contributed by atoms with Crippen molar-refractivity contribution in [2.45, 2.75) is 31.3 Å². The van der Waals surface area contributed by atoms with Crippen molar-refractivity contribution in [2.24, 2.45) is 0 Å². The van der Waals surface area contributed by atoms with Gasteiger partial charge in [-0.2, -0.15) is 21.6 Å². The molecule has 1 rings (SSSR count). The highest BCUT2D eigenvalue weighted by atomic mass is 35.5. The van der Waals surface area contributed by atoms with Crippen LogP contribution < -0.4 is 18.1 Å². The summed E-state index contributed by atoms with van der Waals surface area (Å²) in [6, 6.07) is 0. The normalized spacial score (nSPS) is 13.4. The third-order valence-corrected chi connectivity index (χ3v) is 4.73. The molecule has 3 N–H and O–H groups in total. The largest absolute Gasteiger partial charge is 1.00 e. The van der Waals surface area contributed by atoms with E-state index in [1.54, 1.807) is 0 Å². The molecule has 0 saturated carbocycles. The minimum atomic E-state index is -5.85. The molecule has 8 nitrogen and oxygen atoms in total. The minimum absolute atomic E-state index is 0. The van der Waals surface area contributed by atoms with Crippen LogP contribution in [-0.2, 0) is 48.4 Å². The molecular weight excluding hydrogens is 405 g/mol. The van der Waals surface area contributed by atoms with E-state index in [0.29, 0.717) is 6.20 Å². The molecule has 150 valence electrons. The Morgan fingerprint density at radius 2 is 1.81 bits per heavy atom. The van der Waals surface area contributed by atoms with Crippen molar-refractivity contribution < 1.29 is 60.2 Å². The number of hydrogen-bond donors (Lipinski definition) is 1. The number of aryl methyl sites for hydroxylation is 1. The van der Waals surface area contributed by atoms with Gasteiger partial charge in [-0.3, -0.25) is 9.59 Å². The molecule has 1 aromatic rings. The van der Waals surface area contributed by atoms with Crippen LogP contribution in [0.1, 0.15) is 24.6 Å². The smallest absolute Gasteiger partial charge is 0.517 e. The van der Waals surface area contributed by atoms with Gasteiger partial charge in [0.05, 0.1) is 27.7 Å². The van der Waals surface area contributed by atoms with E-state index in [2.05, 4.69) is 15.2 Å². The fourth-order valence-corrected chi connectivity index (χ4v) is 3.02. The SMILES string of the molecule is [3H][C@@H]([NH3+])c1c(CC(=O)OC)c(CCC(=O)OC)cn1S(=O)(=O)C(F)(F)F.[Cl-]. The third kappa shape index (κ3) is 5.11. The highest BCUT2D eigenvalue weighted by Gasteiger charge is 2.48. The van der Waals surface area contributed by atoms with E-state index in [1.165, 1.54) is 0 Å². The van der Waals surface area contributed by atoms with Gasteiger partial charge in [0.1, 0.15) is 6.52 Å². The van der Waals surface area contributed by atoms with Gasteiger partial charge in [0, 0.05) is 12.6 Å². The van der Waals surface area contributed by atoms with E-state index < -0.39 is 46.1 Å². The molecule has 0 aliphatic rings. The summed E-state index contributed by atoms with van der Waals surface area (Å²) in [7, 11) is -3.70. The molecule has 0 saturated heterocycles. The Labute approximate surface area is 155 Å². The number of methoxy groups -OCH3 is 2. The maximum Gasteiger partial charge on any atom is 0.517 e. The van der Waals surface area contributed by atoms with Gasteiger partial charge in [-0.1, -0.05) is 0 Å². The van der Waals surface area contributed by atoms with Crippen molar-refractivity contribution in [3.05, 3.63) is 23.0 Å². The second kappa shape index (κ2) is 9.24. The summed E-state index contributed by atoms with van der Waals surface area (Å²) in [5.74, 6) is -1.53. The van der Waals surface area contributed by atoms with Gasteiger partial charge < -0.3 is 27.6 Å². The Hall–Kier alpha value is -1.79. The van der Waals surface area contributed by atoms with Crippen LogP contribution in [0.4, 0.5) is 13.2 Å². The molecule has 0 fully saturated rings. The van der Waals surface area contributed by atoms with Gasteiger partial charge in [-0.05, 0) is 17.5 Å². The van der Waals surface area contributed by atoms with Gasteiger partial charge in [0.25, 0.3) is 0 Å². The van der Waals surface area contributed by atoms with Crippen LogP contribution in [-0.4, -0.2) is 44.1 Å². The van der Waals surface area contributed by atoms with Crippen LogP contribution in [0.3, 0.4) is 0 Å². The number of alkyl halides is 3. The molecule has 0 aliphatic heterocycles. The van der Waals surface area contributed by atoms with E-state index in [1.807, 2.05) is 0 Å². The first-order valence-electron chi connectivity index (χ1n) is 7.38. The number of halogens is 4. The monoisotopic (exact) mass is 424 g/mol. The molecule has 26 heavy (non-hydrogen) atoms. The Kier molecular flexibility index (Phi) is 7.90. The van der Waals surface area contributed by atoms with Crippen LogP contribution in [0.5, 0.6) is 0 Å². The number of ether oxygens (including phenoxy) is 2. The standard InChI is InChI=1S/C13H17F3N2O6S.ClH/c1-23-11(19)4-3-8-7-18(25(21,22)13(14,15)16)10(6-17)9(8)5-12(20)24-2;/h7H,3-6,17H2,1-2H3;1H/i6T;/t6-;/m1./s1. The number of esters is 2. The predicted molar refractivity (Wildman–Crippen MR) is 77.5 cm³/mol. The summed E-state index contributed by atoms with van der Waals surface area (Å²) in [6.45, 7) is -1.64. The number of nitrogens with zero attached hydrogens (tertiary/aromatic N) is 1. The first kappa shape index (κ1) is 22.3. The van der Waals surface area contributed by atoms with Crippen molar-refractivity contribution in [2.75, 3.05) is 14.2 Å². The number of carbonyl (C=O) groups is 2. The summed E-state index contributed by atoms with van der Waals surface area (Å²) < 4.78 is 78.9. The minimum Gasteiger partial charge on any atom is -1.00 e. The molecule has 0 bridgehead atoms. The molecule has 0 aliphatic carbocycles. The first-order chi connectivity index (χ1) is 11.9. The summed E-state index contributed by atoms with van der Waals surface area (Å²) in [6.07, 6.45) is -0.390. The lowest BCUT2D eigenvalue weighted by Crippen LogP contribution is -3.00. The average Bonchev–Trinajstić information content (AvgIpc) is 2.90. The first-order valence-corrected chi connectivity index (χ1v) is 8.24. The van der Waals surface area contributed by atoms with Gasteiger partial charge in [0.2, 0.25) is 0 Å². The maximum absolute atomic E-state index is 12.9. The lowest BCUT2D eigenvalue weighted by molar-refractivity contribution is -0.387. The van der Waals surface area contributed by atoms with E-state index in [0.717, 1.165) is 14.2 Å². The zero-order valence-corrected chi connectivity index (χ0v) is 15.4. The number of quaternary nitrogens is 1. The van der Waals surface area contributed by atoms with Crippen molar-refractivity contribution >= 4 is 22.0 Å². The topological polar surface area (TPSA) is 119 Å². The summed E-state index contributed by atoms with van der Waals surface area (Å²) in [5, 5.41) is 0. The van der Waals surface area contributed by atoms with Crippen molar-refractivity contribution in [3.63, 3.8) is 0 Å². The second-order valence-corrected chi connectivity index (χ2v) is 6.60. The van der Waals surface area contributed by atoms with E-state index >= 15 is 0 Å². The quantitative estimate of drug-likeness (QED) is 0.459. The van der Waals surface area contributed by atoms with Crippen LogP contribution >= 0.6 is 0 Å². The molecule has 1 aromatic heterocycles. The lowest BCUT2D eigenvalue weighted by Gasteiger charge is -2.11. The van der Waals surface area contributed by atoms with Gasteiger partial charge in [-0.15, -0.1) is 0 Å². The van der Waals surface area contributed by atoms with Gasteiger partial charge in [0.15, 0.2) is 0 Å². The van der Waals surface area contributed by atoms with Crippen LogP contribution in [0.2, 0.25) is 0 Å². The van der Waals surface area contributed by atoms with Crippen molar-refractivity contribution in [3.8, 4) is 0 Å².